The third-order valence-corrected chi connectivity index (χ3v) is 0.534. The lowest BCUT2D eigenvalue weighted by Gasteiger charge is -1.91. The lowest BCUT2D eigenvalue weighted by atomic mass is 10.4. The highest BCUT2D eigenvalue weighted by atomic mass is 28.1. The molecule has 0 aromatic heterocycles. The van der Waals surface area contributed by atoms with Crippen LogP contribution in [-0.4, -0.2) is 23.3 Å². The normalized spacial score (nSPS) is 6.70. The Bertz CT molecular complexity index is 130. The summed E-state index contributed by atoms with van der Waals surface area (Å²) < 4.78 is 4.27. The summed E-state index contributed by atoms with van der Waals surface area (Å²) in [7, 11) is 4.28. The second-order valence-electron chi connectivity index (χ2n) is 1.48. The van der Waals surface area contributed by atoms with E-state index in [9.17, 15) is 4.79 Å². The Kier molecular flexibility index (Phi) is 9.72. The predicted molar refractivity (Wildman–Crippen MR) is 42.8 cm³/mol. The number of ether oxygens (including phenoxy) is 1. The van der Waals surface area contributed by atoms with E-state index in [-0.39, 0.29) is 5.97 Å². The summed E-state index contributed by atoms with van der Waals surface area (Å²) in [6.07, 6.45) is 0. The molecule has 3 radical (unpaired) electrons. The van der Waals surface area contributed by atoms with Crippen LogP contribution in [0.4, 0.5) is 0 Å². The summed E-state index contributed by atoms with van der Waals surface area (Å²) in [5.74, 6) is -0.347. The molecule has 0 aliphatic rings. The lowest BCUT2D eigenvalue weighted by molar-refractivity contribution is -0.136. The van der Waals surface area contributed by atoms with Crippen LogP contribution < -0.4 is 0 Å². The molecule has 0 amide bonds. The van der Waals surface area contributed by atoms with Crippen LogP contribution in [0.15, 0.2) is 24.4 Å². The Morgan fingerprint density at radius 1 is 1.70 bits per heavy atom. The second kappa shape index (κ2) is 8.17. The first-order valence-electron chi connectivity index (χ1n) is 2.62. The average Bonchev–Trinajstić information content (AvgIpc) is 1.88. The van der Waals surface area contributed by atoms with E-state index in [0.717, 1.165) is 0 Å². The Balaban J connectivity index is 0. The molecule has 0 unspecified atom stereocenters. The van der Waals surface area contributed by atoms with Gasteiger partial charge >= 0.3 is 5.97 Å². The summed E-state index contributed by atoms with van der Waals surface area (Å²) in [4.78, 5) is 10.2. The molecule has 0 rings (SSSR count). The molecular weight excluding hydrogens is 144 g/mol. The smallest absolute Gasteiger partial charge is 0.332 e. The van der Waals surface area contributed by atoms with Crippen molar-refractivity contribution in [3.63, 3.8) is 0 Å². The molecule has 0 aromatic carbocycles. The summed E-state index contributed by atoms with van der Waals surface area (Å²) in [6, 6.07) is 0. The minimum atomic E-state index is -0.347. The van der Waals surface area contributed by atoms with Gasteiger partial charge in [-0.15, -0.1) is 12.3 Å². The number of carbonyl (C=O) groups is 1. The third-order valence-electron chi connectivity index (χ3n) is 0.534. The van der Waals surface area contributed by atoms with Crippen molar-refractivity contribution in [2.24, 2.45) is 0 Å². The van der Waals surface area contributed by atoms with Crippen molar-refractivity contribution >= 4 is 16.2 Å². The van der Waals surface area contributed by atoms with Crippen LogP contribution in [0.25, 0.3) is 0 Å². The molecule has 55 valence electrons. The first kappa shape index (κ1) is 11.9. The molecule has 0 saturated carbocycles. The van der Waals surface area contributed by atoms with Gasteiger partial charge in [-0.3, -0.25) is 0 Å². The fourth-order valence-electron chi connectivity index (χ4n) is 0.174. The van der Waals surface area contributed by atoms with E-state index in [4.69, 9.17) is 0 Å². The molecule has 10 heavy (non-hydrogen) atoms. The molecule has 0 bridgehead atoms. The monoisotopic (exact) mass is 155 g/mol. The van der Waals surface area contributed by atoms with Crippen LogP contribution in [0.1, 0.15) is 6.92 Å². The van der Waals surface area contributed by atoms with Crippen LogP contribution in [0.5, 0.6) is 0 Å². The van der Waals surface area contributed by atoms with Gasteiger partial charge in [-0.1, -0.05) is 6.58 Å². The average molecular weight is 155 g/mol. The van der Waals surface area contributed by atoms with E-state index in [1.54, 1.807) is 12.6 Å². The lowest BCUT2D eigenvalue weighted by Crippen LogP contribution is -1.98. The summed E-state index contributed by atoms with van der Waals surface area (Å²) in [5, 5.41) is 0. The first-order chi connectivity index (χ1) is 4.59. The minimum Gasteiger partial charge on any atom is -0.466 e. The van der Waals surface area contributed by atoms with E-state index in [1.807, 2.05) is 0 Å². The Morgan fingerprint density at radius 2 is 2.00 bits per heavy atom. The van der Waals surface area contributed by atoms with E-state index < -0.39 is 0 Å². The van der Waals surface area contributed by atoms with Gasteiger partial charge in [0.25, 0.3) is 0 Å². The topological polar surface area (TPSA) is 26.3 Å². The maximum atomic E-state index is 10.2. The number of esters is 1. The van der Waals surface area contributed by atoms with Gasteiger partial charge in [0, 0.05) is 5.57 Å². The van der Waals surface area contributed by atoms with Crippen LogP contribution >= 0.6 is 0 Å². The van der Waals surface area contributed by atoms with E-state index >= 15 is 0 Å². The highest BCUT2D eigenvalue weighted by molar-refractivity contribution is 6.16. The highest BCUT2D eigenvalue weighted by Gasteiger charge is 1.95. The SMILES string of the molecule is C=C(C)C(=O)OC.C=C[Si]. The first-order valence-corrected chi connectivity index (χ1v) is 3.19. The fraction of sp³-hybridized carbons (Fsp3) is 0.286. The van der Waals surface area contributed by atoms with Crippen molar-refractivity contribution in [2.75, 3.05) is 7.11 Å². The van der Waals surface area contributed by atoms with Gasteiger partial charge in [0.15, 0.2) is 0 Å². The number of methoxy groups -OCH3 is 1. The molecular formula is C7H11O2Si. The molecule has 0 aliphatic heterocycles. The molecule has 0 spiro atoms. The molecule has 3 heteroatoms. The Labute approximate surface area is 65.0 Å². The molecule has 0 heterocycles. The van der Waals surface area contributed by atoms with Gasteiger partial charge in [-0.2, -0.15) is 0 Å². The van der Waals surface area contributed by atoms with Gasteiger partial charge in [0.1, 0.15) is 0 Å². The maximum absolute atomic E-state index is 10.2. The van der Waals surface area contributed by atoms with Crippen LogP contribution in [-0.2, 0) is 9.53 Å². The van der Waals surface area contributed by atoms with Crippen molar-refractivity contribution in [3.05, 3.63) is 24.4 Å². The Hall–Kier alpha value is -0.833. The van der Waals surface area contributed by atoms with Crippen LogP contribution in [0.2, 0.25) is 0 Å². The van der Waals surface area contributed by atoms with Gasteiger partial charge in [-0.25, -0.2) is 4.79 Å². The molecule has 0 saturated heterocycles. The Morgan fingerprint density at radius 3 is 2.00 bits per heavy atom. The summed E-state index contributed by atoms with van der Waals surface area (Å²) in [6.45, 7) is 8.23. The van der Waals surface area contributed by atoms with E-state index in [2.05, 4.69) is 28.1 Å². The largest absolute Gasteiger partial charge is 0.466 e. The molecule has 0 aliphatic carbocycles. The summed E-state index contributed by atoms with van der Waals surface area (Å²) in [5.41, 5.74) is 1.99. The van der Waals surface area contributed by atoms with Crippen molar-refractivity contribution in [3.8, 4) is 0 Å². The van der Waals surface area contributed by atoms with Gasteiger partial charge in [0.05, 0.1) is 17.4 Å². The third kappa shape index (κ3) is 10.2. The number of carbonyl (C=O) groups excluding carboxylic acids is 1. The molecule has 0 aromatic rings. The maximum Gasteiger partial charge on any atom is 0.332 e. The number of rotatable bonds is 1. The van der Waals surface area contributed by atoms with E-state index in [1.165, 1.54) is 7.11 Å². The van der Waals surface area contributed by atoms with Gasteiger partial charge < -0.3 is 4.74 Å². The number of hydrogen-bond acceptors (Lipinski definition) is 2. The minimum absolute atomic E-state index is 0.347. The second-order valence-corrected chi connectivity index (χ2v) is 1.88. The molecule has 0 fully saturated rings. The van der Waals surface area contributed by atoms with Crippen LogP contribution in [0, 0.1) is 0 Å². The van der Waals surface area contributed by atoms with E-state index in [0.29, 0.717) is 5.57 Å². The summed E-state index contributed by atoms with van der Waals surface area (Å²) >= 11 is 0. The van der Waals surface area contributed by atoms with Crippen molar-refractivity contribution in [1.82, 2.24) is 0 Å². The van der Waals surface area contributed by atoms with Gasteiger partial charge in [-0.05, 0) is 6.92 Å². The predicted octanol–water partition coefficient (Wildman–Crippen LogP) is 1.03. The molecule has 0 N–H and O–H groups in total. The molecule has 2 nitrogen and oxygen atoms in total. The highest BCUT2D eigenvalue weighted by Crippen LogP contribution is 1.87. The van der Waals surface area contributed by atoms with Crippen molar-refractivity contribution < 1.29 is 9.53 Å². The number of hydrogen-bond donors (Lipinski definition) is 0. The standard InChI is InChI=1S/C5H8O2.C2H3Si/c1-4(2)5(6)7-3;1-2-3/h1H2,2-3H3;2H,1H2. The van der Waals surface area contributed by atoms with Gasteiger partial charge in [0.2, 0.25) is 0 Å². The zero-order valence-corrected chi connectivity index (χ0v) is 7.31. The van der Waals surface area contributed by atoms with Crippen molar-refractivity contribution in [1.29, 1.82) is 0 Å². The zero-order valence-electron chi connectivity index (χ0n) is 6.31. The zero-order chi connectivity index (χ0) is 8.57. The van der Waals surface area contributed by atoms with Crippen molar-refractivity contribution in [2.45, 2.75) is 6.92 Å². The molecule has 0 atom stereocenters. The fourth-order valence-corrected chi connectivity index (χ4v) is 0.174. The quantitative estimate of drug-likeness (QED) is 0.321. The van der Waals surface area contributed by atoms with Crippen LogP contribution in [0.3, 0.4) is 0 Å².